The van der Waals surface area contributed by atoms with Crippen LogP contribution in [0.4, 0.5) is 5.69 Å². The number of nitrogen functional groups attached to an aromatic ring is 1. The SMILES string of the molecule is Nc1ccc(CN(CC(=O)O)[C@@H]2CS(=O)(=O)C[C@H]2O)cc1. The lowest BCUT2D eigenvalue weighted by atomic mass is 10.1. The molecular formula is C13H18N2O5S. The highest BCUT2D eigenvalue weighted by atomic mass is 32.2. The van der Waals surface area contributed by atoms with E-state index in [-0.39, 0.29) is 24.6 Å². The molecule has 1 aromatic rings. The van der Waals surface area contributed by atoms with Gasteiger partial charge < -0.3 is 15.9 Å². The number of anilines is 1. The molecule has 0 saturated carbocycles. The molecule has 1 saturated heterocycles. The van der Waals surface area contributed by atoms with Crippen molar-refractivity contribution in [3.8, 4) is 0 Å². The van der Waals surface area contributed by atoms with Crippen molar-refractivity contribution in [2.75, 3.05) is 23.8 Å². The summed E-state index contributed by atoms with van der Waals surface area (Å²) in [5, 5.41) is 18.9. The van der Waals surface area contributed by atoms with Gasteiger partial charge in [-0.2, -0.15) is 0 Å². The first-order valence-corrected chi connectivity index (χ1v) is 8.28. The van der Waals surface area contributed by atoms with Gasteiger partial charge in [-0.3, -0.25) is 9.69 Å². The molecule has 7 nitrogen and oxygen atoms in total. The van der Waals surface area contributed by atoms with E-state index >= 15 is 0 Å². The number of benzene rings is 1. The zero-order chi connectivity index (χ0) is 15.6. The molecule has 0 aromatic heterocycles. The molecule has 1 heterocycles. The quantitative estimate of drug-likeness (QED) is 0.615. The maximum absolute atomic E-state index is 11.6. The first kappa shape index (κ1) is 15.7. The van der Waals surface area contributed by atoms with E-state index in [1.807, 2.05) is 0 Å². The second-order valence-electron chi connectivity index (χ2n) is 5.25. The minimum Gasteiger partial charge on any atom is -0.480 e. The molecule has 1 aliphatic rings. The second-order valence-corrected chi connectivity index (χ2v) is 7.41. The zero-order valence-electron chi connectivity index (χ0n) is 11.3. The van der Waals surface area contributed by atoms with Gasteiger partial charge in [0.15, 0.2) is 9.84 Å². The number of hydrogen-bond donors (Lipinski definition) is 3. The molecule has 1 fully saturated rings. The minimum atomic E-state index is -3.33. The van der Waals surface area contributed by atoms with Crippen molar-refractivity contribution >= 4 is 21.5 Å². The zero-order valence-corrected chi connectivity index (χ0v) is 12.2. The first-order valence-electron chi connectivity index (χ1n) is 6.45. The highest BCUT2D eigenvalue weighted by Gasteiger charge is 2.40. The molecule has 116 valence electrons. The highest BCUT2D eigenvalue weighted by Crippen LogP contribution is 2.21. The number of nitrogens with two attached hydrogens (primary N) is 1. The number of aliphatic carboxylic acids is 1. The maximum Gasteiger partial charge on any atom is 0.317 e. The Labute approximate surface area is 122 Å². The minimum absolute atomic E-state index is 0.226. The van der Waals surface area contributed by atoms with Crippen LogP contribution in [0.1, 0.15) is 5.56 Å². The number of sulfone groups is 1. The molecule has 2 rings (SSSR count). The monoisotopic (exact) mass is 314 g/mol. The van der Waals surface area contributed by atoms with Crippen molar-refractivity contribution in [2.45, 2.75) is 18.7 Å². The Morgan fingerprint density at radius 1 is 1.29 bits per heavy atom. The van der Waals surface area contributed by atoms with Crippen molar-refractivity contribution in [3.05, 3.63) is 29.8 Å². The van der Waals surface area contributed by atoms with E-state index in [1.165, 1.54) is 4.90 Å². The van der Waals surface area contributed by atoms with Gasteiger partial charge in [0.2, 0.25) is 0 Å². The molecule has 0 aliphatic carbocycles. The van der Waals surface area contributed by atoms with Gasteiger partial charge in [0, 0.05) is 12.2 Å². The summed E-state index contributed by atoms with van der Waals surface area (Å²) in [5.41, 5.74) is 6.99. The van der Waals surface area contributed by atoms with Gasteiger partial charge in [-0.25, -0.2) is 8.42 Å². The van der Waals surface area contributed by atoms with E-state index in [1.54, 1.807) is 24.3 Å². The van der Waals surface area contributed by atoms with Crippen LogP contribution in [0, 0.1) is 0 Å². The third-order valence-corrected chi connectivity index (χ3v) is 5.17. The summed E-state index contributed by atoms with van der Waals surface area (Å²) in [6.07, 6.45) is -1.07. The molecule has 0 spiro atoms. The molecule has 0 bridgehead atoms. The summed E-state index contributed by atoms with van der Waals surface area (Å²) >= 11 is 0. The van der Waals surface area contributed by atoms with E-state index in [9.17, 15) is 18.3 Å². The molecule has 0 unspecified atom stereocenters. The summed E-state index contributed by atoms with van der Waals surface area (Å²) in [5.74, 6) is -1.62. The number of nitrogens with zero attached hydrogens (tertiary/aromatic N) is 1. The van der Waals surface area contributed by atoms with Crippen molar-refractivity contribution in [1.29, 1.82) is 0 Å². The van der Waals surface area contributed by atoms with E-state index in [2.05, 4.69) is 0 Å². The molecule has 2 atom stereocenters. The summed E-state index contributed by atoms with van der Waals surface area (Å²) in [6, 6.07) is 6.18. The normalized spacial score (nSPS) is 24.3. The predicted octanol–water partition coefficient (Wildman–Crippen LogP) is -0.687. The smallest absolute Gasteiger partial charge is 0.317 e. The maximum atomic E-state index is 11.6. The lowest BCUT2D eigenvalue weighted by Crippen LogP contribution is -2.45. The highest BCUT2D eigenvalue weighted by molar-refractivity contribution is 7.91. The van der Waals surface area contributed by atoms with Gasteiger partial charge in [-0.05, 0) is 17.7 Å². The lowest BCUT2D eigenvalue weighted by molar-refractivity contribution is -0.139. The first-order chi connectivity index (χ1) is 9.77. The van der Waals surface area contributed by atoms with E-state index in [4.69, 9.17) is 10.8 Å². The molecule has 8 heteroatoms. The Morgan fingerprint density at radius 2 is 1.90 bits per heavy atom. The van der Waals surface area contributed by atoms with Crippen LogP contribution in [-0.2, 0) is 21.2 Å². The molecule has 1 aromatic carbocycles. The Bertz CT molecular complexity index is 614. The van der Waals surface area contributed by atoms with Gasteiger partial charge in [-0.15, -0.1) is 0 Å². The molecule has 1 aliphatic heterocycles. The number of aliphatic hydroxyl groups excluding tert-OH is 1. The number of carbonyl (C=O) groups is 1. The van der Waals surface area contributed by atoms with Crippen LogP contribution < -0.4 is 5.73 Å². The van der Waals surface area contributed by atoms with Crippen molar-refractivity contribution in [1.82, 2.24) is 4.90 Å². The fourth-order valence-corrected chi connectivity index (χ4v) is 4.31. The summed E-state index contributed by atoms with van der Waals surface area (Å²) in [6.45, 7) is -0.0918. The Kier molecular flexibility index (Phi) is 4.50. The average Bonchev–Trinajstić information content (AvgIpc) is 2.64. The average molecular weight is 314 g/mol. The Hall–Kier alpha value is -1.64. The Morgan fingerprint density at radius 3 is 2.38 bits per heavy atom. The van der Waals surface area contributed by atoms with Gasteiger partial charge in [0.05, 0.1) is 30.2 Å². The third kappa shape index (κ3) is 4.16. The van der Waals surface area contributed by atoms with Crippen LogP contribution in [0.2, 0.25) is 0 Å². The summed E-state index contributed by atoms with van der Waals surface area (Å²) < 4.78 is 23.2. The van der Waals surface area contributed by atoms with Crippen LogP contribution >= 0.6 is 0 Å². The second kappa shape index (κ2) is 6.00. The molecule has 4 N–H and O–H groups in total. The van der Waals surface area contributed by atoms with E-state index < -0.39 is 28.0 Å². The van der Waals surface area contributed by atoms with Gasteiger partial charge in [0.25, 0.3) is 0 Å². The summed E-state index contributed by atoms with van der Waals surface area (Å²) in [7, 11) is -3.33. The molecule has 0 amide bonds. The predicted molar refractivity (Wildman–Crippen MR) is 77.3 cm³/mol. The fraction of sp³-hybridized carbons (Fsp3) is 0.462. The van der Waals surface area contributed by atoms with E-state index in [0.717, 1.165) is 5.56 Å². The van der Waals surface area contributed by atoms with Crippen LogP contribution in [-0.4, -0.2) is 59.7 Å². The largest absolute Gasteiger partial charge is 0.480 e. The summed E-state index contributed by atoms with van der Waals surface area (Å²) in [4.78, 5) is 12.5. The number of rotatable bonds is 5. The van der Waals surface area contributed by atoms with Crippen LogP contribution in [0.15, 0.2) is 24.3 Å². The Balaban J connectivity index is 2.18. The van der Waals surface area contributed by atoms with E-state index in [0.29, 0.717) is 5.69 Å². The molecule has 21 heavy (non-hydrogen) atoms. The van der Waals surface area contributed by atoms with Gasteiger partial charge in [0.1, 0.15) is 0 Å². The van der Waals surface area contributed by atoms with Crippen molar-refractivity contribution < 1.29 is 23.4 Å². The number of carboxylic acid groups (broad SMARTS) is 1. The molecular weight excluding hydrogens is 296 g/mol. The van der Waals surface area contributed by atoms with Gasteiger partial charge >= 0.3 is 5.97 Å². The lowest BCUT2D eigenvalue weighted by Gasteiger charge is -2.28. The van der Waals surface area contributed by atoms with Crippen LogP contribution in [0.5, 0.6) is 0 Å². The number of hydrogen-bond acceptors (Lipinski definition) is 6. The third-order valence-electron chi connectivity index (χ3n) is 3.47. The fourth-order valence-electron chi connectivity index (χ4n) is 2.48. The molecule has 0 radical (unpaired) electrons. The van der Waals surface area contributed by atoms with Crippen molar-refractivity contribution in [2.24, 2.45) is 0 Å². The number of aliphatic hydroxyl groups is 1. The van der Waals surface area contributed by atoms with Gasteiger partial charge in [-0.1, -0.05) is 12.1 Å². The standard InChI is InChI=1S/C13H18N2O5S/c14-10-3-1-9(2-4-10)5-15(6-13(17)18)11-7-21(19,20)8-12(11)16/h1-4,11-12,16H,5-8,14H2,(H,17,18)/t11-,12-/m1/s1. The van der Waals surface area contributed by atoms with Crippen LogP contribution in [0.25, 0.3) is 0 Å². The van der Waals surface area contributed by atoms with Crippen molar-refractivity contribution in [3.63, 3.8) is 0 Å². The number of carboxylic acids is 1. The topological polar surface area (TPSA) is 121 Å². The van der Waals surface area contributed by atoms with Crippen LogP contribution in [0.3, 0.4) is 0 Å².